The molecule has 5 nitrogen and oxygen atoms in total. The molecule has 3 rings (SSSR count). The molecule has 1 aliphatic rings. The molecule has 0 radical (unpaired) electrons. The molecule has 0 aromatic heterocycles. The van der Waals surface area contributed by atoms with Crippen molar-refractivity contribution >= 4 is 35.2 Å². The Hall–Kier alpha value is -3.12. The maximum atomic E-state index is 14.1. The lowest BCUT2D eigenvalue weighted by atomic mass is 10.0. The number of nitrogens with zero attached hydrogens (tertiary/aromatic N) is 1. The van der Waals surface area contributed by atoms with Gasteiger partial charge < -0.3 is 9.47 Å². The van der Waals surface area contributed by atoms with E-state index in [1.54, 1.807) is 37.3 Å². The molecule has 1 amide bonds. The largest absolute Gasteiger partial charge is 0.495 e. The number of hydrogen-bond acceptors (Lipinski definition) is 4. The fourth-order valence-electron chi connectivity index (χ4n) is 3.03. The molecule has 1 aliphatic heterocycles. The van der Waals surface area contributed by atoms with E-state index >= 15 is 0 Å². The minimum absolute atomic E-state index is 0.0430. The topological polar surface area (TPSA) is 55.8 Å². The summed E-state index contributed by atoms with van der Waals surface area (Å²) in [5, 5.41) is 0.312. The first-order chi connectivity index (χ1) is 13.4. The standard InChI is InChI=1S/C21H17ClFNO4/c1-12-19(21(26)28-3)15(10-13-6-4-5-7-17(13)23)20(25)24(12)14-8-9-18(27-2)16(22)11-14/h4-11H,1-3H3/b15-10-. The van der Waals surface area contributed by atoms with Crippen molar-refractivity contribution in [2.45, 2.75) is 6.92 Å². The second-order valence-electron chi connectivity index (χ2n) is 5.99. The van der Waals surface area contributed by atoms with Crippen LogP contribution in [0.1, 0.15) is 12.5 Å². The summed E-state index contributed by atoms with van der Waals surface area (Å²) in [4.78, 5) is 26.8. The number of ether oxygens (including phenoxy) is 2. The summed E-state index contributed by atoms with van der Waals surface area (Å²) in [6.07, 6.45) is 1.35. The number of esters is 1. The summed E-state index contributed by atoms with van der Waals surface area (Å²) in [6, 6.07) is 10.8. The van der Waals surface area contributed by atoms with Gasteiger partial charge in [0.2, 0.25) is 0 Å². The third-order valence-corrected chi connectivity index (χ3v) is 4.68. The van der Waals surface area contributed by atoms with Crippen molar-refractivity contribution in [3.05, 3.63) is 75.7 Å². The van der Waals surface area contributed by atoms with Gasteiger partial charge in [0.15, 0.2) is 0 Å². The van der Waals surface area contributed by atoms with Crippen LogP contribution in [0.5, 0.6) is 5.75 Å². The van der Waals surface area contributed by atoms with Gasteiger partial charge in [-0.05, 0) is 37.3 Å². The molecule has 0 unspecified atom stereocenters. The van der Waals surface area contributed by atoms with Crippen molar-refractivity contribution in [3.8, 4) is 5.75 Å². The van der Waals surface area contributed by atoms with E-state index in [1.807, 2.05) is 0 Å². The first-order valence-electron chi connectivity index (χ1n) is 8.32. The number of carbonyl (C=O) groups excluding carboxylic acids is 2. The third kappa shape index (κ3) is 3.39. The first-order valence-corrected chi connectivity index (χ1v) is 8.70. The molecule has 7 heteroatoms. The lowest BCUT2D eigenvalue weighted by Crippen LogP contribution is -2.24. The smallest absolute Gasteiger partial charge is 0.340 e. The molecule has 0 N–H and O–H groups in total. The quantitative estimate of drug-likeness (QED) is 0.564. The Morgan fingerprint density at radius 1 is 1.18 bits per heavy atom. The number of amides is 1. The van der Waals surface area contributed by atoms with Gasteiger partial charge in [-0.3, -0.25) is 9.69 Å². The lowest BCUT2D eigenvalue weighted by Gasteiger charge is -2.19. The molecular weight excluding hydrogens is 385 g/mol. The third-order valence-electron chi connectivity index (χ3n) is 4.39. The van der Waals surface area contributed by atoms with Gasteiger partial charge in [-0.2, -0.15) is 0 Å². The van der Waals surface area contributed by atoms with Crippen LogP contribution < -0.4 is 9.64 Å². The molecule has 2 aromatic carbocycles. The van der Waals surface area contributed by atoms with Gasteiger partial charge in [0.25, 0.3) is 5.91 Å². The fourth-order valence-corrected chi connectivity index (χ4v) is 3.28. The summed E-state index contributed by atoms with van der Waals surface area (Å²) < 4.78 is 24.1. The number of allylic oxidation sites excluding steroid dienone is 1. The van der Waals surface area contributed by atoms with Crippen LogP contribution in [-0.4, -0.2) is 26.1 Å². The number of halogens is 2. The maximum Gasteiger partial charge on any atom is 0.340 e. The van der Waals surface area contributed by atoms with Gasteiger partial charge in [0.1, 0.15) is 11.6 Å². The molecule has 0 aliphatic carbocycles. The van der Waals surface area contributed by atoms with E-state index in [9.17, 15) is 14.0 Å². The molecule has 0 saturated carbocycles. The number of carbonyl (C=O) groups is 2. The van der Waals surface area contributed by atoms with Crippen molar-refractivity contribution in [2.24, 2.45) is 0 Å². The summed E-state index contributed by atoms with van der Waals surface area (Å²) in [5.41, 5.74) is 1.12. The Bertz CT molecular complexity index is 1030. The molecule has 0 bridgehead atoms. The summed E-state index contributed by atoms with van der Waals surface area (Å²) in [7, 11) is 2.71. The molecular formula is C21H17ClFNO4. The van der Waals surface area contributed by atoms with E-state index in [1.165, 1.54) is 37.3 Å². The number of anilines is 1. The highest BCUT2D eigenvalue weighted by molar-refractivity contribution is 6.32. The number of rotatable bonds is 4. The van der Waals surface area contributed by atoms with Gasteiger partial charge in [-0.1, -0.05) is 29.8 Å². The monoisotopic (exact) mass is 401 g/mol. The molecule has 0 spiro atoms. The predicted molar refractivity (Wildman–Crippen MR) is 105 cm³/mol. The highest BCUT2D eigenvalue weighted by Crippen LogP contribution is 2.38. The summed E-state index contributed by atoms with van der Waals surface area (Å²) in [6.45, 7) is 1.62. The molecule has 2 aromatic rings. The van der Waals surface area contributed by atoms with Crippen LogP contribution in [0.25, 0.3) is 6.08 Å². The number of benzene rings is 2. The van der Waals surface area contributed by atoms with Gasteiger partial charge in [-0.15, -0.1) is 0 Å². The zero-order valence-corrected chi connectivity index (χ0v) is 16.2. The van der Waals surface area contributed by atoms with Crippen molar-refractivity contribution in [3.63, 3.8) is 0 Å². The average molecular weight is 402 g/mol. The highest BCUT2D eigenvalue weighted by atomic mass is 35.5. The minimum atomic E-state index is -0.685. The SMILES string of the molecule is COC(=O)C1=C(C)N(c2ccc(OC)c(Cl)c2)C(=O)/C1=C\c1ccccc1F. The fraction of sp³-hybridized carbons (Fsp3) is 0.143. The molecule has 28 heavy (non-hydrogen) atoms. The van der Waals surface area contributed by atoms with Gasteiger partial charge in [0.05, 0.1) is 36.1 Å². The zero-order valence-electron chi connectivity index (χ0n) is 15.5. The zero-order chi connectivity index (χ0) is 20.4. The van der Waals surface area contributed by atoms with Crippen molar-refractivity contribution in [1.29, 1.82) is 0 Å². The van der Waals surface area contributed by atoms with E-state index in [-0.39, 0.29) is 16.7 Å². The van der Waals surface area contributed by atoms with E-state index < -0.39 is 17.7 Å². The van der Waals surface area contributed by atoms with Crippen LogP contribution in [0.3, 0.4) is 0 Å². The normalized spacial score (nSPS) is 15.4. The van der Waals surface area contributed by atoms with Crippen molar-refractivity contribution < 1.29 is 23.5 Å². The minimum Gasteiger partial charge on any atom is -0.495 e. The van der Waals surface area contributed by atoms with Crippen LogP contribution in [-0.2, 0) is 14.3 Å². The molecule has 144 valence electrons. The van der Waals surface area contributed by atoms with Crippen LogP contribution in [0, 0.1) is 5.82 Å². The highest BCUT2D eigenvalue weighted by Gasteiger charge is 2.38. The Balaban J connectivity index is 2.15. The Morgan fingerprint density at radius 3 is 2.50 bits per heavy atom. The number of methoxy groups -OCH3 is 2. The summed E-state index contributed by atoms with van der Waals surface area (Å²) in [5.74, 6) is -1.22. The van der Waals surface area contributed by atoms with Gasteiger partial charge in [0, 0.05) is 11.3 Å². The van der Waals surface area contributed by atoms with Gasteiger partial charge >= 0.3 is 5.97 Å². The first kappa shape index (κ1) is 19.6. The second kappa shape index (κ2) is 7.86. The van der Waals surface area contributed by atoms with Crippen LogP contribution in [0.4, 0.5) is 10.1 Å². The van der Waals surface area contributed by atoms with Crippen LogP contribution in [0.2, 0.25) is 5.02 Å². The van der Waals surface area contributed by atoms with E-state index in [0.717, 1.165) is 0 Å². The molecule has 0 fully saturated rings. The van der Waals surface area contributed by atoms with E-state index in [0.29, 0.717) is 22.2 Å². The predicted octanol–water partition coefficient (Wildman–Crippen LogP) is 4.36. The maximum absolute atomic E-state index is 14.1. The van der Waals surface area contributed by atoms with Crippen molar-refractivity contribution in [2.75, 3.05) is 19.1 Å². The van der Waals surface area contributed by atoms with E-state index in [2.05, 4.69) is 0 Å². The average Bonchev–Trinajstić information content (AvgIpc) is 2.92. The van der Waals surface area contributed by atoms with Gasteiger partial charge in [-0.25, -0.2) is 9.18 Å². The number of hydrogen-bond donors (Lipinski definition) is 0. The Kier molecular flexibility index (Phi) is 5.51. The Labute approximate surface area is 166 Å². The van der Waals surface area contributed by atoms with Crippen molar-refractivity contribution in [1.82, 2.24) is 0 Å². The molecule has 0 saturated heterocycles. The van der Waals surface area contributed by atoms with Crippen LogP contribution >= 0.6 is 11.6 Å². The lowest BCUT2D eigenvalue weighted by molar-refractivity contribution is -0.136. The molecule has 0 atom stereocenters. The Morgan fingerprint density at radius 2 is 1.89 bits per heavy atom. The summed E-state index contributed by atoms with van der Waals surface area (Å²) >= 11 is 6.18. The van der Waals surface area contributed by atoms with E-state index in [4.69, 9.17) is 21.1 Å². The van der Waals surface area contributed by atoms with Crippen LogP contribution in [0.15, 0.2) is 59.3 Å². The second-order valence-corrected chi connectivity index (χ2v) is 6.40. The molecule has 1 heterocycles.